The Morgan fingerprint density at radius 2 is 1.71 bits per heavy atom. The van der Waals surface area contributed by atoms with Crippen molar-refractivity contribution in [2.24, 2.45) is 0 Å². The van der Waals surface area contributed by atoms with Gasteiger partial charge in [-0.15, -0.1) is 11.3 Å². The van der Waals surface area contributed by atoms with E-state index in [4.69, 9.17) is 13.9 Å². The summed E-state index contributed by atoms with van der Waals surface area (Å²) in [7, 11) is 0. The highest BCUT2D eigenvalue weighted by Crippen LogP contribution is 2.36. The van der Waals surface area contributed by atoms with Gasteiger partial charge in [-0.3, -0.25) is 24.1 Å². The number of imide groups is 1. The smallest absolute Gasteiger partial charge is 0.341 e. The number of rotatable bonds is 9. The lowest BCUT2D eigenvalue weighted by Crippen LogP contribution is -2.32. The Morgan fingerprint density at radius 1 is 1.00 bits per heavy atom. The van der Waals surface area contributed by atoms with Crippen LogP contribution in [-0.4, -0.2) is 54.3 Å². The van der Waals surface area contributed by atoms with Crippen molar-refractivity contribution < 1.29 is 37.9 Å². The molecule has 0 radical (unpaired) electrons. The Hall–Kier alpha value is -4.25. The number of esters is 2. The second kappa shape index (κ2) is 10.3. The van der Waals surface area contributed by atoms with Crippen LogP contribution in [0.2, 0.25) is 0 Å². The molecular weight excluding hydrogens is 476 g/mol. The molecule has 2 aromatic heterocycles. The van der Waals surface area contributed by atoms with E-state index in [9.17, 15) is 24.0 Å². The molecule has 1 aromatic carbocycles. The summed E-state index contributed by atoms with van der Waals surface area (Å²) in [6.07, 6.45) is 1.19. The second-order valence-corrected chi connectivity index (χ2v) is 8.20. The van der Waals surface area contributed by atoms with Crippen molar-refractivity contribution in [1.82, 2.24) is 4.90 Å². The molecule has 0 bridgehead atoms. The Kier molecular flexibility index (Phi) is 7.06. The van der Waals surface area contributed by atoms with Crippen LogP contribution in [0.15, 0.2) is 52.5 Å². The normalized spacial score (nSPS) is 12.4. The zero-order valence-electron chi connectivity index (χ0n) is 18.6. The van der Waals surface area contributed by atoms with E-state index in [1.807, 2.05) is 0 Å². The van der Waals surface area contributed by atoms with E-state index in [0.717, 1.165) is 16.2 Å². The van der Waals surface area contributed by atoms with Crippen LogP contribution in [-0.2, 0) is 19.1 Å². The average Bonchev–Trinajstić information content (AvgIpc) is 3.57. The fourth-order valence-electron chi connectivity index (χ4n) is 3.50. The molecule has 1 aliphatic heterocycles. The number of hydrogen-bond acceptors (Lipinski definition) is 9. The summed E-state index contributed by atoms with van der Waals surface area (Å²) in [5.74, 6) is -2.58. The molecule has 0 saturated heterocycles. The third-order valence-electron chi connectivity index (χ3n) is 5.09. The first-order valence-electron chi connectivity index (χ1n) is 10.6. The minimum Gasteiger partial charge on any atom is -0.464 e. The van der Waals surface area contributed by atoms with Gasteiger partial charge in [0.25, 0.3) is 17.7 Å². The Morgan fingerprint density at radius 3 is 2.34 bits per heavy atom. The molecule has 1 N–H and O–H groups in total. The SMILES string of the molecule is CCOC(=O)c1c(-c2ccco2)csc1NC(=O)COC(=O)CCN1C(=O)c2ccccc2C1=O. The molecule has 0 fully saturated rings. The maximum atomic E-state index is 12.5. The first-order chi connectivity index (χ1) is 16.9. The summed E-state index contributed by atoms with van der Waals surface area (Å²) in [5.41, 5.74) is 1.17. The topological polar surface area (TPSA) is 132 Å². The second-order valence-electron chi connectivity index (χ2n) is 7.32. The van der Waals surface area contributed by atoms with E-state index in [0.29, 0.717) is 11.3 Å². The van der Waals surface area contributed by atoms with E-state index < -0.39 is 36.3 Å². The molecule has 180 valence electrons. The lowest BCUT2D eigenvalue weighted by atomic mass is 10.1. The van der Waals surface area contributed by atoms with Gasteiger partial charge in [0, 0.05) is 17.5 Å². The van der Waals surface area contributed by atoms with Gasteiger partial charge in [0.05, 0.1) is 30.4 Å². The number of fused-ring (bicyclic) bond motifs is 1. The Bertz CT molecular complexity index is 1260. The molecule has 3 aromatic rings. The lowest BCUT2D eigenvalue weighted by Gasteiger charge is -2.13. The highest BCUT2D eigenvalue weighted by molar-refractivity contribution is 7.15. The van der Waals surface area contributed by atoms with Gasteiger partial charge in [-0.1, -0.05) is 12.1 Å². The molecule has 0 saturated carbocycles. The van der Waals surface area contributed by atoms with E-state index in [-0.39, 0.29) is 41.3 Å². The number of amides is 3. The van der Waals surface area contributed by atoms with Crippen molar-refractivity contribution in [3.63, 3.8) is 0 Å². The number of furan rings is 1. The van der Waals surface area contributed by atoms with Gasteiger partial charge in [0.15, 0.2) is 6.61 Å². The van der Waals surface area contributed by atoms with Gasteiger partial charge in [0.1, 0.15) is 16.3 Å². The van der Waals surface area contributed by atoms with Gasteiger partial charge in [0.2, 0.25) is 0 Å². The first kappa shape index (κ1) is 23.9. The average molecular weight is 496 g/mol. The van der Waals surface area contributed by atoms with Gasteiger partial charge >= 0.3 is 11.9 Å². The van der Waals surface area contributed by atoms with Gasteiger partial charge in [-0.2, -0.15) is 0 Å². The Labute approximate surface area is 203 Å². The number of carbonyl (C=O) groups excluding carboxylic acids is 5. The summed E-state index contributed by atoms with van der Waals surface area (Å²) < 4.78 is 15.4. The molecule has 0 spiro atoms. The molecule has 0 aliphatic carbocycles. The molecule has 10 nitrogen and oxygen atoms in total. The van der Waals surface area contributed by atoms with Crippen LogP contribution < -0.4 is 5.32 Å². The number of benzene rings is 1. The number of ether oxygens (including phenoxy) is 2. The predicted octanol–water partition coefficient (Wildman–Crippen LogP) is 3.35. The quantitative estimate of drug-likeness (QED) is 0.352. The largest absolute Gasteiger partial charge is 0.464 e. The van der Waals surface area contributed by atoms with E-state index in [1.165, 1.54) is 6.26 Å². The minimum absolute atomic E-state index is 0.136. The maximum absolute atomic E-state index is 12.5. The van der Waals surface area contributed by atoms with Crippen LogP contribution in [0.25, 0.3) is 11.3 Å². The molecule has 0 atom stereocenters. The maximum Gasteiger partial charge on any atom is 0.341 e. The number of anilines is 1. The number of carbonyl (C=O) groups is 5. The van der Waals surface area contributed by atoms with Crippen molar-refractivity contribution in [2.75, 3.05) is 25.1 Å². The zero-order valence-corrected chi connectivity index (χ0v) is 19.4. The fraction of sp³-hybridized carbons (Fsp3) is 0.208. The van der Waals surface area contributed by atoms with E-state index in [1.54, 1.807) is 48.7 Å². The van der Waals surface area contributed by atoms with Gasteiger partial charge in [-0.25, -0.2) is 4.79 Å². The molecule has 35 heavy (non-hydrogen) atoms. The third kappa shape index (κ3) is 4.99. The molecular formula is C24H20N2O8S. The number of nitrogens with one attached hydrogen (secondary N) is 1. The highest BCUT2D eigenvalue weighted by atomic mass is 32.1. The van der Waals surface area contributed by atoms with Crippen molar-refractivity contribution in [3.8, 4) is 11.3 Å². The molecule has 0 unspecified atom stereocenters. The van der Waals surface area contributed by atoms with Crippen LogP contribution in [0.1, 0.15) is 44.4 Å². The van der Waals surface area contributed by atoms with Crippen molar-refractivity contribution >= 4 is 46.0 Å². The number of hydrogen-bond donors (Lipinski definition) is 1. The molecule has 11 heteroatoms. The first-order valence-corrected chi connectivity index (χ1v) is 11.5. The summed E-state index contributed by atoms with van der Waals surface area (Å²) in [6, 6.07) is 9.74. The van der Waals surface area contributed by atoms with Crippen LogP contribution in [0.5, 0.6) is 0 Å². The van der Waals surface area contributed by atoms with E-state index in [2.05, 4.69) is 5.32 Å². The summed E-state index contributed by atoms with van der Waals surface area (Å²) in [5, 5.41) is 4.42. The predicted molar refractivity (Wildman–Crippen MR) is 124 cm³/mol. The van der Waals surface area contributed by atoms with Crippen molar-refractivity contribution in [3.05, 3.63) is 64.7 Å². The zero-order chi connectivity index (χ0) is 24.9. The molecule has 3 amide bonds. The molecule has 3 heterocycles. The standard InChI is InChI=1S/C24H20N2O8S/c1-2-32-24(31)20-16(17-8-5-11-33-17)13-35-21(20)25-18(27)12-34-19(28)9-10-26-22(29)14-6-3-4-7-15(14)23(26)30/h3-8,11,13H,2,9-10,12H2,1H3,(H,25,27). The van der Waals surface area contributed by atoms with Crippen LogP contribution in [0.4, 0.5) is 5.00 Å². The molecule has 1 aliphatic rings. The highest BCUT2D eigenvalue weighted by Gasteiger charge is 2.35. The number of nitrogens with zero attached hydrogens (tertiary/aromatic N) is 1. The van der Waals surface area contributed by atoms with Gasteiger partial charge < -0.3 is 19.2 Å². The van der Waals surface area contributed by atoms with E-state index >= 15 is 0 Å². The monoisotopic (exact) mass is 496 g/mol. The minimum atomic E-state index is -0.759. The van der Waals surface area contributed by atoms with Gasteiger partial charge in [-0.05, 0) is 31.2 Å². The summed E-state index contributed by atoms with van der Waals surface area (Å²) in [6.45, 7) is 1.02. The number of thiophene rings is 1. The Balaban J connectivity index is 1.33. The van der Waals surface area contributed by atoms with Crippen LogP contribution in [0.3, 0.4) is 0 Å². The fourth-order valence-corrected chi connectivity index (χ4v) is 4.45. The lowest BCUT2D eigenvalue weighted by molar-refractivity contribution is -0.147. The third-order valence-corrected chi connectivity index (χ3v) is 5.99. The van der Waals surface area contributed by atoms with Crippen molar-refractivity contribution in [1.29, 1.82) is 0 Å². The summed E-state index contributed by atoms with van der Waals surface area (Å²) >= 11 is 1.10. The summed E-state index contributed by atoms with van der Waals surface area (Å²) in [4.78, 5) is 62.7. The van der Waals surface area contributed by atoms with Crippen molar-refractivity contribution in [2.45, 2.75) is 13.3 Å². The van der Waals surface area contributed by atoms with Crippen LogP contribution >= 0.6 is 11.3 Å². The molecule has 4 rings (SSSR count). The van der Waals surface area contributed by atoms with Crippen LogP contribution in [0, 0.1) is 0 Å².